The van der Waals surface area contributed by atoms with Gasteiger partial charge in [0.2, 0.25) is 0 Å². The molecule has 1 aliphatic rings. The van der Waals surface area contributed by atoms with Crippen LogP contribution in [0.5, 0.6) is 0 Å². The van der Waals surface area contributed by atoms with Crippen LogP contribution >= 0.6 is 11.6 Å². The fraction of sp³-hybridized carbons (Fsp3) is 0.600. The van der Waals surface area contributed by atoms with E-state index >= 15 is 0 Å². The third-order valence-corrected chi connectivity index (χ3v) is 4.49. The highest BCUT2D eigenvalue weighted by atomic mass is 35.5. The Labute approximate surface area is 115 Å². The van der Waals surface area contributed by atoms with Gasteiger partial charge in [-0.05, 0) is 50.8 Å². The monoisotopic (exact) mass is 266 g/mol. The average Bonchev–Trinajstić information content (AvgIpc) is 2.74. The maximum Gasteiger partial charge on any atom is 0.0453 e. The third-order valence-electron chi connectivity index (χ3n) is 4.14. The van der Waals surface area contributed by atoms with Gasteiger partial charge in [-0.1, -0.05) is 29.8 Å². The lowest BCUT2D eigenvalue weighted by atomic mass is 10.0. The predicted molar refractivity (Wildman–Crippen MR) is 77.8 cm³/mol. The van der Waals surface area contributed by atoms with Crippen molar-refractivity contribution in [2.75, 3.05) is 13.6 Å². The summed E-state index contributed by atoms with van der Waals surface area (Å²) in [6, 6.07) is 8.89. The number of nitrogens with zero attached hydrogens (tertiary/aromatic N) is 1. The van der Waals surface area contributed by atoms with Gasteiger partial charge in [0, 0.05) is 23.7 Å². The van der Waals surface area contributed by atoms with Crippen molar-refractivity contribution in [3.05, 3.63) is 34.9 Å². The SMILES string of the molecule is CC(c1ccccc1Cl)N(C)CC1CCC(N)C1. The fourth-order valence-electron chi connectivity index (χ4n) is 2.90. The van der Waals surface area contributed by atoms with Gasteiger partial charge in [0.05, 0.1) is 0 Å². The van der Waals surface area contributed by atoms with E-state index in [2.05, 4.69) is 31.0 Å². The molecule has 0 heterocycles. The van der Waals surface area contributed by atoms with E-state index in [-0.39, 0.29) is 0 Å². The van der Waals surface area contributed by atoms with E-state index in [1.807, 2.05) is 12.1 Å². The minimum atomic E-state index is 0.357. The molecular formula is C15H23ClN2. The first-order valence-electron chi connectivity index (χ1n) is 6.78. The summed E-state index contributed by atoms with van der Waals surface area (Å²) in [6.07, 6.45) is 3.61. The summed E-state index contributed by atoms with van der Waals surface area (Å²) in [4.78, 5) is 2.39. The molecule has 1 aromatic carbocycles. The molecule has 3 unspecified atom stereocenters. The number of halogens is 1. The molecule has 2 N–H and O–H groups in total. The smallest absolute Gasteiger partial charge is 0.0453 e. The number of hydrogen-bond acceptors (Lipinski definition) is 2. The number of nitrogens with two attached hydrogens (primary N) is 1. The summed E-state index contributed by atoms with van der Waals surface area (Å²) >= 11 is 6.26. The molecule has 3 atom stereocenters. The van der Waals surface area contributed by atoms with Gasteiger partial charge in [0.25, 0.3) is 0 Å². The molecule has 1 aromatic rings. The molecule has 2 nitrogen and oxygen atoms in total. The number of hydrogen-bond donors (Lipinski definition) is 1. The van der Waals surface area contributed by atoms with Gasteiger partial charge in [-0.25, -0.2) is 0 Å². The van der Waals surface area contributed by atoms with E-state index in [0.717, 1.165) is 17.5 Å². The van der Waals surface area contributed by atoms with Gasteiger partial charge in [0.1, 0.15) is 0 Å². The number of rotatable bonds is 4. The molecule has 0 aromatic heterocycles. The lowest BCUT2D eigenvalue weighted by Gasteiger charge is -2.28. The highest BCUT2D eigenvalue weighted by Gasteiger charge is 2.24. The molecule has 0 aliphatic heterocycles. The van der Waals surface area contributed by atoms with Crippen molar-refractivity contribution < 1.29 is 0 Å². The Bertz CT molecular complexity index is 394. The largest absolute Gasteiger partial charge is 0.328 e. The van der Waals surface area contributed by atoms with E-state index < -0.39 is 0 Å². The van der Waals surface area contributed by atoms with Crippen LogP contribution in [-0.4, -0.2) is 24.5 Å². The summed E-state index contributed by atoms with van der Waals surface area (Å²) < 4.78 is 0. The molecule has 3 heteroatoms. The Kier molecular flexibility index (Phi) is 4.66. The van der Waals surface area contributed by atoms with Crippen LogP contribution in [-0.2, 0) is 0 Å². The molecule has 1 aliphatic carbocycles. The predicted octanol–water partition coefficient (Wildman–Crippen LogP) is 3.46. The lowest BCUT2D eigenvalue weighted by molar-refractivity contribution is 0.220. The van der Waals surface area contributed by atoms with Crippen molar-refractivity contribution in [2.24, 2.45) is 11.7 Å². The van der Waals surface area contributed by atoms with Gasteiger partial charge in [-0.15, -0.1) is 0 Å². The molecule has 0 spiro atoms. The molecular weight excluding hydrogens is 244 g/mol. The Morgan fingerprint density at radius 3 is 2.72 bits per heavy atom. The van der Waals surface area contributed by atoms with E-state index in [1.165, 1.54) is 24.8 Å². The third kappa shape index (κ3) is 3.25. The van der Waals surface area contributed by atoms with Crippen LogP contribution in [0.3, 0.4) is 0 Å². The van der Waals surface area contributed by atoms with Crippen LogP contribution in [0.25, 0.3) is 0 Å². The van der Waals surface area contributed by atoms with E-state index in [0.29, 0.717) is 12.1 Å². The minimum Gasteiger partial charge on any atom is -0.328 e. The van der Waals surface area contributed by atoms with Crippen molar-refractivity contribution in [1.29, 1.82) is 0 Å². The molecule has 100 valence electrons. The molecule has 0 radical (unpaired) electrons. The molecule has 2 rings (SSSR count). The molecule has 18 heavy (non-hydrogen) atoms. The van der Waals surface area contributed by atoms with E-state index in [9.17, 15) is 0 Å². The molecule has 0 amide bonds. The van der Waals surface area contributed by atoms with Crippen LogP contribution in [0.15, 0.2) is 24.3 Å². The van der Waals surface area contributed by atoms with Gasteiger partial charge in [0.15, 0.2) is 0 Å². The van der Waals surface area contributed by atoms with Crippen LogP contribution in [0.2, 0.25) is 5.02 Å². The Morgan fingerprint density at radius 2 is 2.11 bits per heavy atom. The van der Waals surface area contributed by atoms with Crippen LogP contribution in [0, 0.1) is 5.92 Å². The first-order valence-corrected chi connectivity index (χ1v) is 7.16. The molecule has 1 fully saturated rings. The van der Waals surface area contributed by atoms with Crippen molar-refractivity contribution in [3.8, 4) is 0 Å². The second-order valence-electron chi connectivity index (χ2n) is 5.58. The van der Waals surface area contributed by atoms with Crippen molar-refractivity contribution >= 4 is 11.6 Å². The topological polar surface area (TPSA) is 29.3 Å². The Hall–Kier alpha value is -0.570. The van der Waals surface area contributed by atoms with Crippen molar-refractivity contribution in [3.63, 3.8) is 0 Å². The Morgan fingerprint density at radius 1 is 1.39 bits per heavy atom. The molecule has 0 bridgehead atoms. The summed E-state index contributed by atoms with van der Waals surface area (Å²) in [5.41, 5.74) is 7.18. The quantitative estimate of drug-likeness (QED) is 0.904. The second kappa shape index (κ2) is 6.05. The summed E-state index contributed by atoms with van der Waals surface area (Å²) in [5.74, 6) is 0.745. The highest BCUT2D eigenvalue weighted by Crippen LogP contribution is 2.30. The van der Waals surface area contributed by atoms with Gasteiger partial charge in [-0.3, -0.25) is 4.90 Å². The van der Waals surface area contributed by atoms with E-state index in [1.54, 1.807) is 0 Å². The zero-order chi connectivity index (χ0) is 13.1. The Balaban J connectivity index is 1.96. The summed E-state index contributed by atoms with van der Waals surface area (Å²) in [7, 11) is 2.18. The van der Waals surface area contributed by atoms with Gasteiger partial charge in [-0.2, -0.15) is 0 Å². The van der Waals surface area contributed by atoms with E-state index in [4.69, 9.17) is 17.3 Å². The lowest BCUT2D eigenvalue weighted by Crippen LogP contribution is -2.28. The van der Waals surface area contributed by atoms with Crippen LogP contribution in [0.1, 0.15) is 37.8 Å². The second-order valence-corrected chi connectivity index (χ2v) is 5.98. The standard InChI is InChI=1S/C15H23ClN2/c1-11(14-5-3-4-6-15(14)16)18(2)10-12-7-8-13(17)9-12/h3-6,11-13H,7-10,17H2,1-2H3. The van der Waals surface area contributed by atoms with Gasteiger partial charge >= 0.3 is 0 Å². The number of benzene rings is 1. The maximum atomic E-state index is 6.26. The average molecular weight is 267 g/mol. The molecule has 1 saturated carbocycles. The first-order chi connectivity index (χ1) is 8.58. The van der Waals surface area contributed by atoms with Crippen molar-refractivity contribution in [1.82, 2.24) is 4.90 Å². The van der Waals surface area contributed by atoms with Crippen LogP contribution < -0.4 is 5.73 Å². The first kappa shape index (κ1) is 13.9. The zero-order valence-electron chi connectivity index (χ0n) is 11.3. The fourth-order valence-corrected chi connectivity index (χ4v) is 3.19. The maximum absolute atomic E-state index is 6.26. The summed E-state index contributed by atoms with van der Waals surface area (Å²) in [5, 5.41) is 0.861. The minimum absolute atomic E-state index is 0.357. The van der Waals surface area contributed by atoms with Crippen molar-refractivity contribution in [2.45, 2.75) is 38.3 Å². The zero-order valence-corrected chi connectivity index (χ0v) is 12.0. The highest BCUT2D eigenvalue weighted by molar-refractivity contribution is 6.31. The molecule has 0 saturated heterocycles. The summed E-state index contributed by atoms with van der Waals surface area (Å²) in [6.45, 7) is 3.33. The van der Waals surface area contributed by atoms with Gasteiger partial charge < -0.3 is 5.73 Å². The normalized spacial score (nSPS) is 25.6. The van der Waals surface area contributed by atoms with Crippen LogP contribution in [0.4, 0.5) is 0 Å².